The number of rotatable bonds is 2. The zero-order chi connectivity index (χ0) is 17.3. The maximum atomic E-state index is 12.6. The molecule has 0 spiro atoms. The van der Waals surface area contributed by atoms with Crippen LogP contribution in [0.25, 0.3) is 11.3 Å². The molecule has 1 saturated heterocycles. The molecular weight excluding hydrogens is 336 g/mol. The second kappa shape index (κ2) is 7.63. The number of piperidine rings is 1. The largest absolute Gasteiger partial charge is 0.451 e. The van der Waals surface area contributed by atoms with E-state index in [-0.39, 0.29) is 29.8 Å². The summed E-state index contributed by atoms with van der Waals surface area (Å²) in [4.78, 5) is 14.3. The summed E-state index contributed by atoms with van der Waals surface area (Å²) in [5, 5.41) is 0. The number of nitrogens with zero attached hydrogens (tertiary/aromatic N) is 1. The number of hydrogen-bond donors (Lipinski definition) is 1. The molecule has 2 heterocycles. The molecule has 5 heteroatoms. The number of nitrogens with two attached hydrogens (primary N) is 1. The Labute approximate surface area is 155 Å². The van der Waals surface area contributed by atoms with Crippen LogP contribution in [0, 0.1) is 0 Å². The Hall–Kier alpha value is -1.78. The minimum atomic E-state index is -0.0669. The zero-order valence-corrected chi connectivity index (χ0v) is 15.9. The minimum Gasteiger partial charge on any atom is -0.451 e. The van der Waals surface area contributed by atoms with Gasteiger partial charge in [0.05, 0.1) is 0 Å². The molecule has 4 nitrogen and oxygen atoms in total. The highest BCUT2D eigenvalue weighted by Crippen LogP contribution is 2.27. The molecule has 1 unspecified atom stereocenters. The molecule has 2 aromatic rings. The van der Waals surface area contributed by atoms with Crippen LogP contribution < -0.4 is 5.73 Å². The second-order valence-corrected chi connectivity index (χ2v) is 7.64. The summed E-state index contributed by atoms with van der Waals surface area (Å²) in [6, 6.07) is 12.0. The SMILES string of the molecule is CC(C)(C)c1ccc(-c2ccc(C(=O)N3CCCC(N)C3)o2)cc1.Cl. The minimum absolute atomic E-state index is 0. The standard InChI is InChI=1S/C20H26N2O2.ClH/c1-20(2,3)15-8-6-14(7-9-15)17-10-11-18(24-17)19(23)22-12-4-5-16(21)13-22;/h6-11,16H,4-5,12-13,21H2,1-3H3;1H. The average Bonchev–Trinajstić information content (AvgIpc) is 3.03. The molecule has 0 aliphatic carbocycles. The summed E-state index contributed by atoms with van der Waals surface area (Å²) in [6.07, 6.45) is 1.93. The number of furan rings is 1. The van der Waals surface area contributed by atoms with Crippen molar-refractivity contribution < 1.29 is 9.21 Å². The Morgan fingerprint density at radius 2 is 1.84 bits per heavy atom. The lowest BCUT2D eigenvalue weighted by molar-refractivity contribution is 0.0677. The Bertz CT molecular complexity index is 716. The molecule has 1 amide bonds. The highest BCUT2D eigenvalue weighted by molar-refractivity contribution is 5.92. The second-order valence-electron chi connectivity index (χ2n) is 7.64. The molecule has 25 heavy (non-hydrogen) atoms. The number of amides is 1. The van der Waals surface area contributed by atoms with Crippen molar-refractivity contribution in [2.75, 3.05) is 13.1 Å². The number of hydrogen-bond acceptors (Lipinski definition) is 3. The van der Waals surface area contributed by atoms with E-state index in [1.54, 1.807) is 11.0 Å². The van der Waals surface area contributed by atoms with Crippen LogP contribution in [0.5, 0.6) is 0 Å². The summed E-state index contributed by atoms with van der Waals surface area (Å²) < 4.78 is 5.81. The van der Waals surface area contributed by atoms with Crippen molar-refractivity contribution in [1.82, 2.24) is 4.90 Å². The molecule has 0 bridgehead atoms. The maximum Gasteiger partial charge on any atom is 0.289 e. The van der Waals surface area contributed by atoms with E-state index in [1.807, 2.05) is 18.2 Å². The molecule has 0 radical (unpaired) electrons. The first-order valence-electron chi connectivity index (χ1n) is 8.60. The third-order valence-corrected chi connectivity index (χ3v) is 4.60. The molecule has 1 aliphatic rings. The average molecular weight is 363 g/mol. The van der Waals surface area contributed by atoms with Gasteiger partial charge >= 0.3 is 0 Å². The number of likely N-dealkylation sites (tertiary alicyclic amines) is 1. The fraction of sp³-hybridized carbons (Fsp3) is 0.450. The smallest absolute Gasteiger partial charge is 0.289 e. The van der Waals surface area contributed by atoms with Crippen LogP contribution in [-0.2, 0) is 5.41 Å². The molecule has 1 aromatic heterocycles. The maximum absolute atomic E-state index is 12.6. The zero-order valence-electron chi connectivity index (χ0n) is 15.1. The summed E-state index contributed by atoms with van der Waals surface area (Å²) in [6.45, 7) is 7.93. The van der Waals surface area contributed by atoms with E-state index < -0.39 is 0 Å². The van der Waals surface area contributed by atoms with Crippen LogP contribution in [0.2, 0.25) is 0 Å². The molecular formula is C20H27ClN2O2. The van der Waals surface area contributed by atoms with Crippen LogP contribution in [-0.4, -0.2) is 29.9 Å². The quantitative estimate of drug-likeness (QED) is 0.869. The van der Waals surface area contributed by atoms with Gasteiger partial charge in [-0.25, -0.2) is 0 Å². The van der Waals surface area contributed by atoms with Crippen molar-refractivity contribution in [3.05, 3.63) is 47.7 Å². The predicted molar refractivity (Wildman–Crippen MR) is 103 cm³/mol. The van der Waals surface area contributed by atoms with Crippen LogP contribution >= 0.6 is 12.4 Å². The van der Waals surface area contributed by atoms with Crippen LogP contribution in [0.4, 0.5) is 0 Å². The molecule has 1 aliphatic heterocycles. The van der Waals surface area contributed by atoms with Crippen LogP contribution in [0.1, 0.15) is 49.7 Å². The molecule has 1 fully saturated rings. The lowest BCUT2D eigenvalue weighted by Crippen LogP contribution is -2.45. The van der Waals surface area contributed by atoms with Crippen molar-refractivity contribution in [1.29, 1.82) is 0 Å². The molecule has 1 aromatic carbocycles. The lowest BCUT2D eigenvalue weighted by Gasteiger charge is -2.30. The first-order chi connectivity index (χ1) is 11.3. The summed E-state index contributed by atoms with van der Waals surface area (Å²) >= 11 is 0. The number of benzene rings is 1. The highest BCUT2D eigenvalue weighted by atomic mass is 35.5. The van der Waals surface area contributed by atoms with Gasteiger partial charge in [-0.3, -0.25) is 4.79 Å². The fourth-order valence-electron chi connectivity index (χ4n) is 3.09. The predicted octanol–water partition coefficient (Wildman–Crippen LogP) is 4.23. The number of carbonyl (C=O) groups excluding carboxylic acids is 1. The molecule has 136 valence electrons. The normalized spacial score (nSPS) is 17.9. The third-order valence-electron chi connectivity index (χ3n) is 4.60. The lowest BCUT2D eigenvalue weighted by atomic mass is 9.86. The first kappa shape index (κ1) is 19.5. The van der Waals surface area contributed by atoms with Gasteiger partial charge in [0.25, 0.3) is 5.91 Å². The highest BCUT2D eigenvalue weighted by Gasteiger charge is 2.24. The molecule has 0 saturated carbocycles. The monoisotopic (exact) mass is 362 g/mol. The van der Waals surface area contributed by atoms with Gasteiger partial charge in [0.2, 0.25) is 0 Å². The fourth-order valence-corrected chi connectivity index (χ4v) is 3.09. The molecule has 1 atom stereocenters. The van der Waals surface area contributed by atoms with E-state index in [2.05, 4.69) is 32.9 Å². The van der Waals surface area contributed by atoms with Crippen molar-refractivity contribution in [3.63, 3.8) is 0 Å². The van der Waals surface area contributed by atoms with Crippen molar-refractivity contribution in [2.24, 2.45) is 5.73 Å². The van der Waals surface area contributed by atoms with Crippen molar-refractivity contribution >= 4 is 18.3 Å². The van der Waals surface area contributed by atoms with Crippen LogP contribution in [0.3, 0.4) is 0 Å². The van der Waals surface area contributed by atoms with Gasteiger partial charge in [0.15, 0.2) is 5.76 Å². The summed E-state index contributed by atoms with van der Waals surface area (Å²) in [7, 11) is 0. The van der Waals surface area contributed by atoms with Gasteiger partial charge in [-0.1, -0.05) is 45.0 Å². The van der Waals surface area contributed by atoms with E-state index in [1.165, 1.54) is 5.56 Å². The Balaban J connectivity index is 0.00000225. The van der Waals surface area contributed by atoms with Crippen molar-refractivity contribution in [2.45, 2.75) is 45.1 Å². The van der Waals surface area contributed by atoms with E-state index in [9.17, 15) is 4.79 Å². The van der Waals surface area contributed by atoms with Gasteiger partial charge in [-0.15, -0.1) is 12.4 Å². The number of carbonyl (C=O) groups is 1. The van der Waals surface area contributed by atoms with E-state index in [0.717, 1.165) is 30.7 Å². The van der Waals surface area contributed by atoms with Gasteiger partial charge in [0, 0.05) is 24.7 Å². The first-order valence-corrected chi connectivity index (χ1v) is 8.60. The Morgan fingerprint density at radius 1 is 1.16 bits per heavy atom. The van der Waals surface area contributed by atoms with E-state index >= 15 is 0 Å². The molecule has 2 N–H and O–H groups in total. The van der Waals surface area contributed by atoms with Crippen molar-refractivity contribution in [3.8, 4) is 11.3 Å². The molecule has 3 rings (SSSR count). The van der Waals surface area contributed by atoms with Gasteiger partial charge in [-0.05, 0) is 36.0 Å². The summed E-state index contributed by atoms with van der Waals surface area (Å²) in [5.74, 6) is 1.04. The van der Waals surface area contributed by atoms with E-state index in [4.69, 9.17) is 10.2 Å². The third kappa shape index (κ3) is 4.44. The van der Waals surface area contributed by atoms with Gasteiger partial charge < -0.3 is 15.1 Å². The number of halogens is 1. The van der Waals surface area contributed by atoms with Crippen LogP contribution in [0.15, 0.2) is 40.8 Å². The Morgan fingerprint density at radius 3 is 2.44 bits per heavy atom. The Kier molecular flexibility index (Phi) is 5.96. The topological polar surface area (TPSA) is 59.5 Å². The van der Waals surface area contributed by atoms with E-state index in [0.29, 0.717) is 12.3 Å². The van der Waals surface area contributed by atoms with Gasteiger partial charge in [-0.2, -0.15) is 0 Å². The summed E-state index contributed by atoms with van der Waals surface area (Å²) in [5.41, 5.74) is 8.34. The van der Waals surface area contributed by atoms with Gasteiger partial charge in [0.1, 0.15) is 5.76 Å².